The van der Waals surface area contributed by atoms with E-state index in [9.17, 15) is 43.6 Å². The second-order valence-electron chi connectivity index (χ2n) is 7.42. The summed E-state index contributed by atoms with van der Waals surface area (Å²) in [7, 11) is -9.27. The van der Waals surface area contributed by atoms with Crippen LogP contribution in [0.1, 0.15) is 15.9 Å². The number of carbonyl (C=O) groups is 1. The van der Waals surface area contributed by atoms with Crippen molar-refractivity contribution in [2.45, 2.75) is 11.1 Å². The fraction of sp³-hybridized carbons (Fsp3) is 0.316. The number of benzene rings is 2. The normalized spacial score (nSPS) is 15.5. The zero-order valence-corrected chi connectivity index (χ0v) is 19.1. The van der Waals surface area contributed by atoms with E-state index in [4.69, 9.17) is 0 Å². The van der Waals surface area contributed by atoms with E-state index in [1.54, 1.807) is 4.90 Å². The van der Waals surface area contributed by atoms with Crippen LogP contribution >= 0.6 is 0 Å². The molecule has 8 nitrogen and oxygen atoms in total. The number of halogens is 5. The number of nitrogens with zero attached hydrogens (tertiary/aromatic N) is 2. The molecule has 3 rings (SSSR count). The summed E-state index contributed by atoms with van der Waals surface area (Å²) in [5, 5.41) is 0. The van der Waals surface area contributed by atoms with Crippen molar-refractivity contribution < 1.29 is 43.6 Å². The van der Waals surface area contributed by atoms with Gasteiger partial charge < -0.3 is 9.80 Å². The van der Waals surface area contributed by atoms with Gasteiger partial charge in [0.05, 0.1) is 11.8 Å². The van der Waals surface area contributed by atoms with Gasteiger partial charge in [0.2, 0.25) is 10.0 Å². The van der Waals surface area contributed by atoms with Gasteiger partial charge in [0.1, 0.15) is 16.3 Å². The Morgan fingerprint density at radius 1 is 0.912 bits per heavy atom. The standard InChI is InChI=1S/C19H18F5N3O5S2/c1-33(29,30)25-34(31,32)15-7-6-14(20)16(17(15)21)18(28)27-10-8-26(9-11-27)13-4-2-12(3-5-13)19(22,23)24/h2-7,25H,8-11H2,1H3. The summed E-state index contributed by atoms with van der Waals surface area (Å²) < 4.78 is 115. The van der Waals surface area contributed by atoms with Gasteiger partial charge in [0, 0.05) is 31.9 Å². The molecule has 34 heavy (non-hydrogen) atoms. The van der Waals surface area contributed by atoms with Crippen LogP contribution in [-0.4, -0.2) is 60.1 Å². The number of sulfonamides is 2. The molecular weight excluding hydrogens is 509 g/mol. The van der Waals surface area contributed by atoms with Gasteiger partial charge in [0.25, 0.3) is 15.9 Å². The van der Waals surface area contributed by atoms with Crippen LogP contribution in [0.4, 0.5) is 27.6 Å². The van der Waals surface area contributed by atoms with E-state index < -0.39 is 59.8 Å². The topological polar surface area (TPSA) is 104 Å². The van der Waals surface area contributed by atoms with Gasteiger partial charge in [-0.1, -0.05) is 0 Å². The molecule has 0 spiro atoms. The van der Waals surface area contributed by atoms with Gasteiger partial charge >= 0.3 is 6.18 Å². The highest BCUT2D eigenvalue weighted by molar-refractivity contribution is 8.04. The Balaban J connectivity index is 1.79. The van der Waals surface area contributed by atoms with Crippen molar-refractivity contribution >= 4 is 31.6 Å². The fourth-order valence-electron chi connectivity index (χ4n) is 3.37. The molecule has 1 aliphatic rings. The third-order valence-electron chi connectivity index (χ3n) is 4.95. The minimum absolute atomic E-state index is 0.0582. The van der Waals surface area contributed by atoms with E-state index in [-0.39, 0.29) is 26.2 Å². The molecule has 0 aliphatic carbocycles. The molecule has 1 amide bonds. The molecule has 1 aliphatic heterocycles. The zero-order valence-electron chi connectivity index (χ0n) is 17.4. The Bertz CT molecular complexity index is 1310. The van der Waals surface area contributed by atoms with E-state index in [0.717, 1.165) is 17.0 Å². The number of alkyl halides is 3. The molecule has 1 fully saturated rings. The SMILES string of the molecule is CS(=O)(=O)NS(=O)(=O)c1ccc(F)c(C(=O)N2CCN(c3ccc(C(F)(F)F)cc3)CC2)c1F. The Morgan fingerprint density at radius 2 is 1.47 bits per heavy atom. The number of nitrogens with one attached hydrogen (secondary N) is 1. The van der Waals surface area contributed by atoms with E-state index >= 15 is 0 Å². The smallest absolute Gasteiger partial charge is 0.368 e. The fourth-order valence-corrected chi connectivity index (χ4v) is 5.91. The lowest BCUT2D eigenvalue weighted by Gasteiger charge is -2.36. The molecule has 1 saturated heterocycles. The second-order valence-corrected chi connectivity index (χ2v) is 11.1. The Morgan fingerprint density at radius 3 is 1.97 bits per heavy atom. The molecule has 0 saturated carbocycles. The van der Waals surface area contributed by atoms with Crippen LogP contribution < -0.4 is 9.03 Å². The van der Waals surface area contributed by atoms with Crippen molar-refractivity contribution in [1.82, 2.24) is 9.03 Å². The van der Waals surface area contributed by atoms with Crippen molar-refractivity contribution in [3.63, 3.8) is 0 Å². The summed E-state index contributed by atoms with van der Waals surface area (Å²) in [4.78, 5) is 14.3. The molecule has 0 aromatic heterocycles. The highest BCUT2D eigenvalue weighted by Gasteiger charge is 2.33. The summed E-state index contributed by atoms with van der Waals surface area (Å²) in [5.41, 5.74) is -1.53. The van der Waals surface area contributed by atoms with Crippen molar-refractivity contribution in [2.75, 3.05) is 37.3 Å². The second kappa shape index (κ2) is 9.11. The van der Waals surface area contributed by atoms with Crippen LogP contribution in [0, 0.1) is 11.6 Å². The van der Waals surface area contributed by atoms with Crippen LogP contribution in [0.3, 0.4) is 0 Å². The molecule has 2 aromatic carbocycles. The number of carbonyl (C=O) groups excluding carboxylic acids is 1. The van der Waals surface area contributed by atoms with Gasteiger partial charge in [-0.2, -0.15) is 13.2 Å². The molecule has 15 heteroatoms. The van der Waals surface area contributed by atoms with Crippen LogP contribution in [0.2, 0.25) is 0 Å². The lowest BCUT2D eigenvalue weighted by Crippen LogP contribution is -2.49. The number of hydrogen-bond acceptors (Lipinski definition) is 6. The molecule has 1 heterocycles. The summed E-state index contributed by atoms with van der Waals surface area (Å²) in [6.45, 7) is 0.149. The quantitative estimate of drug-likeness (QED) is 0.598. The number of piperazine rings is 1. The first-order chi connectivity index (χ1) is 15.6. The number of rotatable bonds is 5. The number of anilines is 1. The summed E-state index contributed by atoms with van der Waals surface area (Å²) in [6.07, 6.45) is -3.97. The third-order valence-corrected chi connectivity index (χ3v) is 7.93. The molecule has 1 N–H and O–H groups in total. The minimum atomic E-state index is -4.95. The Labute approximate surface area is 192 Å². The van der Waals surface area contributed by atoms with Crippen LogP contribution in [-0.2, 0) is 26.2 Å². The first-order valence-electron chi connectivity index (χ1n) is 9.53. The average Bonchev–Trinajstić information content (AvgIpc) is 2.71. The molecule has 0 unspecified atom stereocenters. The van der Waals surface area contributed by atoms with E-state index in [1.807, 2.05) is 0 Å². The summed E-state index contributed by atoms with van der Waals surface area (Å²) in [6, 6.07) is 5.39. The molecular formula is C19H18F5N3O5S2. The maximum absolute atomic E-state index is 14.9. The number of hydrogen-bond donors (Lipinski definition) is 1. The summed E-state index contributed by atoms with van der Waals surface area (Å²) >= 11 is 0. The lowest BCUT2D eigenvalue weighted by molar-refractivity contribution is -0.137. The average molecular weight is 527 g/mol. The third kappa shape index (κ3) is 5.64. The van der Waals surface area contributed by atoms with Crippen molar-refractivity contribution in [3.05, 3.63) is 59.2 Å². The van der Waals surface area contributed by atoms with Crippen molar-refractivity contribution in [3.8, 4) is 0 Å². The van der Waals surface area contributed by atoms with E-state index in [0.29, 0.717) is 24.1 Å². The molecule has 0 radical (unpaired) electrons. The molecule has 186 valence electrons. The minimum Gasteiger partial charge on any atom is -0.368 e. The molecule has 0 atom stereocenters. The first kappa shape index (κ1) is 25.8. The van der Waals surface area contributed by atoms with E-state index in [2.05, 4.69) is 0 Å². The Hall–Kier alpha value is -2.78. The van der Waals surface area contributed by atoms with Crippen molar-refractivity contribution in [2.24, 2.45) is 0 Å². The van der Waals surface area contributed by atoms with Gasteiger partial charge in [-0.3, -0.25) is 4.79 Å². The van der Waals surface area contributed by atoms with Gasteiger partial charge in [-0.15, -0.1) is 4.13 Å². The number of amides is 1. The zero-order chi connectivity index (χ0) is 25.5. The maximum Gasteiger partial charge on any atom is 0.416 e. The van der Waals surface area contributed by atoms with Crippen LogP contribution in [0.5, 0.6) is 0 Å². The van der Waals surface area contributed by atoms with Gasteiger partial charge in [-0.25, -0.2) is 25.6 Å². The molecule has 2 aromatic rings. The van der Waals surface area contributed by atoms with Gasteiger partial charge in [0.15, 0.2) is 5.82 Å². The first-order valence-corrected chi connectivity index (χ1v) is 12.9. The van der Waals surface area contributed by atoms with Crippen molar-refractivity contribution in [1.29, 1.82) is 0 Å². The van der Waals surface area contributed by atoms with Crippen LogP contribution in [0.25, 0.3) is 0 Å². The predicted octanol–water partition coefficient (Wildman–Crippen LogP) is 2.18. The largest absolute Gasteiger partial charge is 0.416 e. The lowest BCUT2D eigenvalue weighted by atomic mass is 10.1. The molecule has 0 bridgehead atoms. The monoisotopic (exact) mass is 527 g/mol. The van der Waals surface area contributed by atoms with Crippen LogP contribution in [0.15, 0.2) is 41.3 Å². The highest BCUT2D eigenvalue weighted by atomic mass is 32.3. The maximum atomic E-state index is 14.9. The summed E-state index contributed by atoms with van der Waals surface area (Å²) in [5.74, 6) is -4.24. The predicted molar refractivity (Wildman–Crippen MR) is 111 cm³/mol. The highest BCUT2D eigenvalue weighted by Crippen LogP contribution is 2.31. The van der Waals surface area contributed by atoms with Gasteiger partial charge in [-0.05, 0) is 36.4 Å². The van der Waals surface area contributed by atoms with E-state index in [1.165, 1.54) is 16.3 Å². The Kier molecular flexibility index (Phi) is 6.92.